The summed E-state index contributed by atoms with van der Waals surface area (Å²) in [5.74, 6) is 1.18. The van der Waals surface area contributed by atoms with E-state index in [1.54, 1.807) is 13.2 Å². The minimum atomic E-state index is -0.0807. The number of carbonyl (C=O) groups excluding carboxylic acids is 1. The van der Waals surface area contributed by atoms with Crippen LogP contribution in [-0.2, 0) is 4.74 Å². The summed E-state index contributed by atoms with van der Waals surface area (Å²) in [5.41, 5.74) is 0.597. The summed E-state index contributed by atoms with van der Waals surface area (Å²) < 4.78 is 11.4. The van der Waals surface area contributed by atoms with Crippen molar-refractivity contribution in [2.24, 2.45) is 5.92 Å². The fourth-order valence-electron chi connectivity index (χ4n) is 2.96. The minimum absolute atomic E-state index is 0.0807. The second-order valence-corrected chi connectivity index (χ2v) is 7.34. The second-order valence-electron chi connectivity index (χ2n) is 6.49. The van der Waals surface area contributed by atoms with E-state index in [1.807, 2.05) is 12.1 Å². The van der Waals surface area contributed by atoms with Gasteiger partial charge in [-0.3, -0.25) is 9.69 Å². The van der Waals surface area contributed by atoms with Gasteiger partial charge in [0.2, 0.25) is 0 Å². The first-order chi connectivity index (χ1) is 11.5. The van der Waals surface area contributed by atoms with Crippen molar-refractivity contribution >= 4 is 21.8 Å². The van der Waals surface area contributed by atoms with Crippen LogP contribution in [0, 0.1) is 5.92 Å². The molecule has 1 aliphatic rings. The molecule has 6 heteroatoms. The predicted molar refractivity (Wildman–Crippen MR) is 98.7 cm³/mol. The molecule has 1 fully saturated rings. The molecule has 1 N–H and O–H groups in total. The monoisotopic (exact) mass is 398 g/mol. The van der Waals surface area contributed by atoms with E-state index in [1.165, 1.54) is 0 Å². The Balaban J connectivity index is 2.00. The number of halogens is 1. The number of nitrogens with zero attached hydrogens (tertiary/aromatic N) is 1. The predicted octanol–water partition coefficient (Wildman–Crippen LogP) is 2.93. The summed E-state index contributed by atoms with van der Waals surface area (Å²) in [6.45, 7) is 8.46. The van der Waals surface area contributed by atoms with Crippen LogP contribution in [-0.4, -0.2) is 56.8 Å². The average molecular weight is 399 g/mol. The number of hydrogen-bond acceptors (Lipinski definition) is 4. The van der Waals surface area contributed by atoms with Crippen LogP contribution in [0.2, 0.25) is 0 Å². The van der Waals surface area contributed by atoms with E-state index in [9.17, 15) is 4.79 Å². The molecule has 0 spiro atoms. The molecule has 1 aromatic carbocycles. The van der Waals surface area contributed by atoms with E-state index in [0.29, 0.717) is 29.8 Å². The van der Waals surface area contributed by atoms with E-state index < -0.39 is 0 Å². The van der Waals surface area contributed by atoms with E-state index in [0.717, 1.165) is 37.2 Å². The number of nitrogens with one attached hydrogen (secondary N) is 1. The lowest BCUT2D eigenvalue weighted by molar-refractivity contribution is 0.0124. The maximum absolute atomic E-state index is 12.6. The fourth-order valence-corrected chi connectivity index (χ4v) is 3.39. The molecule has 5 nitrogen and oxygen atoms in total. The van der Waals surface area contributed by atoms with Crippen molar-refractivity contribution in [1.82, 2.24) is 10.2 Å². The summed E-state index contributed by atoms with van der Waals surface area (Å²) in [6.07, 6.45) is 1.06. The van der Waals surface area contributed by atoms with E-state index in [-0.39, 0.29) is 5.91 Å². The van der Waals surface area contributed by atoms with Crippen LogP contribution >= 0.6 is 15.9 Å². The van der Waals surface area contributed by atoms with E-state index in [4.69, 9.17) is 9.47 Å². The van der Waals surface area contributed by atoms with Crippen LogP contribution in [0.15, 0.2) is 22.7 Å². The van der Waals surface area contributed by atoms with Crippen LogP contribution in [0.25, 0.3) is 0 Å². The first kappa shape index (κ1) is 19.2. The van der Waals surface area contributed by atoms with Crippen molar-refractivity contribution in [3.63, 3.8) is 0 Å². The van der Waals surface area contributed by atoms with Crippen molar-refractivity contribution in [3.8, 4) is 5.75 Å². The molecule has 1 aromatic rings. The molecule has 1 atom stereocenters. The molecule has 1 saturated heterocycles. The van der Waals surface area contributed by atoms with Gasteiger partial charge in [0, 0.05) is 30.1 Å². The Bertz CT molecular complexity index is 545. The zero-order chi connectivity index (χ0) is 17.5. The normalized spacial score (nSPS) is 16.9. The van der Waals surface area contributed by atoms with Gasteiger partial charge >= 0.3 is 0 Å². The number of carbonyl (C=O) groups is 1. The van der Waals surface area contributed by atoms with Crippen molar-refractivity contribution in [1.29, 1.82) is 0 Å². The highest BCUT2D eigenvalue weighted by atomic mass is 79.9. The molecule has 24 heavy (non-hydrogen) atoms. The number of morpholine rings is 1. The van der Waals surface area contributed by atoms with Gasteiger partial charge in [-0.25, -0.2) is 0 Å². The Morgan fingerprint density at radius 3 is 2.71 bits per heavy atom. The fraction of sp³-hybridized carbons (Fsp3) is 0.611. The second kappa shape index (κ2) is 9.39. The maximum Gasteiger partial charge on any atom is 0.252 e. The van der Waals surface area contributed by atoms with Gasteiger partial charge in [0.25, 0.3) is 5.91 Å². The van der Waals surface area contributed by atoms with E-state index >= 15 is 0 Å². The Morgan fingerprint density at radius 2 is 2.08 bits per heavy atom. The van der Waals surface area contributed by atoms with Gasteiger partial charge in [-0.15, -0.1) is 0 Å². The molecule has 1 unspecified atom stereocenters. The number of hydrogen-bond donors (Lipinski definition) is 1. The third-order valence-corrected chi connectivity index (χ3v) is 4.91. The molecular weight excluding hydrogens is 372 g/mol. The lowest BCUT2D eigenvalue weighted by Crippen LogP contribution is -2.49. The average Bonchev–Trinajstić information content (AvgIpc) is 2.59. The zero-order valence-electron chi connectivity index (χ0n) is 14.7. The number of benzene rings is 1. The van der Waals surface area contributed by atoms with Crippen molar-refractivity contribution in [2.45, 2.75) is 26.3 Å². The summed E-state index contributed by atoms with van der Waals surface area (Å²) in [5, 5.41) is 3.09. The molecule has 2 rings (SSSR count). The Hall–Kier alpha value is -1.11. The quantitative estimate of drug-likeness (QED) is 0.766. The lowest BCUT2D eigenvalue weighted by atomic mass is 10.0. The van der Waals surface area contributed by atoms with Crippen molar-refractivity contribution in [2.75, 3.05) is 40.0 Å². The van der Waals surface area contributed by atoms with Crippen molar-refractivity contribution < 1.29 is 14.3 Å². The SMILES string of the molecule is COc1ccc(Br)c(C(=O)NCC(CC(C)C)N2CCOCC2)c1. The lowest BCUT2D eigenvalue weighted by Gasteiger charge is -2.35. The summed E-state index contributed by atoms with van der Waals surface area (Å²) >= 11 is 3.44. The first-order valence-electron chi connectivity index (χ1n) is 8.44. The molecule has 0 aliphatic carbocycles. The highest BCUT2D eigenvalue weighted by Gasteiger charge is 2.23. The third kappa shape index (κ3) is 5.46. The molecule has 1 heterocycles. The number of rotatable bonds is 7. The standard InChI is InChI=1S/C18H27BrN2O3/c1-13(2)10-14(21-6-8-24-9-7-21)12-20-18(22)16-11-15(23-3)4-5-17(16)19/h4-5,11,13-14H,6-10,12H2,1-3H3,(H,20,22). The molecule has 134 valence electrons. The Morgan fingerprint density at radius 1 is 1.38 bits per heavy atom. The maximum atomic E-state index is 12.6. The Labute approximate surface area is 152 Å². The van der Waals surface area contributed by atoms with Gasteiger partial charge in [0.05, 0.1) is 25.9 Å². The minimum Gasteiger partial charge on any atom is -0.497 e. The summed E-state index contributed by atoms with van der Waals surface area (Å²) in [6, 6.07) is 5.76. The molecule has 0 aromatic heterocycles. The van der Waals surface area contributed by atoms with Gasteiger partial charge in [-0.2, -0.15) is 0 Å². The largest absolute Gasteiger partial charge is 0.497 e. The third-order valence-electron chi connectivity index (χ3n) is 4.22. The molecular formula is C18H27BrN2O3. The number of methoxy groups -OCH3 is 1. The van der Waals surface area contributed by atoms with Gasteiger partial charge in [-0.05, 0) is 46.5 Å². The number of ether oxygens (including phenoxy) is 2. The van der Waals surface area contributed by atoms with E-state index in [2.05, 4.69) is 40.0 Å². The van der Waals surface area contributed by atoms with Crippen LogP contribution in [0.1, 0.15) is 30.6 Å². The smallest absolute Gasteiger partial charge is 0.252 e. The Kier molecular flexibility index (Phi) is 7.52. The molecule has 0 saturated carbocycles. The highest BCUT2D eigenvalue weighted by molar-refractivity contribution is 9.10. The van der Waals surface area contributed by atoms with Gasteiger partial charge in [0.15, 0.2) is 0 Å². The molecule has 1 aliphatic heterocycles. The molecule has 0 bridgehead atoms. The van der Waals surface area contributed by atoms with Crippen LogP contribution in [0.4, 0.5) is 0 Å². The highest BCUT2D eigenvalue weighted by Crippen LogP contribution is 2.22. The van der Waals surface area contributed by atoms with Crippen LogP contribution < -0.4 is 10.1 Å². The van der Waals surface area contributed by atoms with Crippen LogP contribution in [0.3, 0.4) is 0 Å². The van der Waals surface area contributed by atoms with Crippen LogP contribution in [0.5, 0.6) is 5.75 Å². The summed E-state index contributed by atoms with van der Waals surface area (Å²) in [4.78, 5) is 15.0. The summed E-state index contributed by atoms with van der Waals surface area (Å²) in [7, 11) is 1.60. The topological polar surface area (TPSA) is 50.8 Å². The molecule has 1 amide bonds. The van der Waals surface area contributed by atoms with Crippen molar-refractivity contribution in [3.05, 3.63) is 28.2 Å². The van der Waals surface area contributed by atoms with Gasteiger partial charge < -0.3 is 14.8 Å². The zero-order valence-corrected chi connectivity index (χ0v) is 16.3. The first-order valence-corrected chi connectivity index (χ1v) is 9.24. The van der Waals surface area contributed by atoms with Gasteiger partial charge in [0.1, 0.15) is 5.75 Å². The molecule has 0 radical (unpaired) electrons. The van der Waals surface area contributed by atoms with Gasteiger partial charge in [-0.1, -0.05) is 13.8 Å². The number of amides is 1.